The first-order valence-corrected chi connectivity index (χ1v) is 6.31. The molecule has 7 heteroatoms. The number of anilines is 1. The number of carbonyl (C=O) groups excluding carboxylic acids is 1. The standard InChI is InChI=1S/C10H10ClN3O2S/c11-8-5-7(1-2-9(8)13)17(16)6-10(15)14-4-3-12/h1-2,5H,4,6,13H2,(H,14,15). The fourth-order valence-corrected chi connectivity index (χ4v) is 2.26. The summed E-state index contributed by atoms with van der Waals surface area (Å²) < 4.78 is 11.7. The van der Waals surface area contributed by atoms with Crippen LogP contribution in [0.15, 0.2) is 23.1 Å². The van der Waals surface area contributed by atoms with E-state index in [1.807, 2.05) is 0 Å². The lowest BCUT2D eigenvalue weighted by Crippen LogP contribution is -2.28. The molecule has 0 saturated carbocycles. The molecule has 0 saturated heterocycles. The third-order valence-corrected chi connectivity index (χ3v) is 3.49. The summed E-state index contributed by atoms with van der Waals surface area (Å²) in [5, 5.41) is 10.9. The Kier molecular flexibility index (Phi) is 4.94. The van der Waals surface area contributed by atoms with Gasteiger partial charge in [-0.25, -0.2) is 0 Å². The van der Waals surface area contributed by atoms with E-state index < -0.39 is 16.7 Å². The Bertz CT molecular complexity index is 499. The number of nitrogens with one attached hydrogen (secondary N) is 1. The summed E-state index contributed by atoms with van der Waals surface area (Å²) in [6.07, 6.45) is 0. The molecule has 0 bridgehead atoms. The quantitative estimate of drug-likeness (QED) is 0.621. The summed E-state index contributed by atoms with van der Waals surface area (Å²) in [7, 11) is -1.50. The van der Waals surface area contributed by atoms with Crippen LogP contribution in [-0.2, 0) is 15.6 Å². The maximum absolute atomic E-state index is 11.7. The fourth-order valence-electron chi connectivity index (χ4n) is 1.04. The minimum absolute atomic E-state index is 0.0987. The summed E-state index contributed by atoms with van der Waals surface area (Å²) in [5.41, 5.74) is 5.90. The van der Waals surface area contributed by atoms with E-state index in [0.29, 0.717) is 15.6 Å². The fraction of sp³-hybridized carbons (Fsp3) is 0.200. The van der Waals surface area contributed by atoms with Crippen LogP contribution < -0.4 is 11.1 Å². The van der Waals surface area contributed by atoms with Crippen LogP contribution in [0.1, 0.15) is 0 Å². The molecule has 5 nitrogen and oxygen atoms in total. The maximum atomic E-state index is 11.7. The minimum Gasteiger partial charge on any atom is -0.398 e. The number of hydrogen-bond acceptors (Lipinski definition) is 4. The van der Waals surface area contributed by atoms with Gasteiger partial charge in [0.1, 0.15) is 12.3 Å². The Hall–Kier alpha value is -1.58. The number of benzene rings is 1. The van der Waals surface area contributed by atoms with Crippen molar-refractivity contribution >= 4 is 34.0 Å². The van der Waals surface area contributed by atoms with Crippen molar-refractivity contribution in [3.63, 3.8) is 0 Å². The van der Waals surface area contributed by atoms with E-state index in [-0.39, 0.29) is 12.3 Å². The molecule has 0 fully saturated rings. The third kappa shape index (κ3) is 4.06. The van der Waals surface area contributed by atoms with Crippen molar-refractivity contribution in [1.29, 1.82) is 5.26 Å². The van der Waals surface area contributed by atoms with Crippen molar-refractivity contribution in [1.82, 2.24) is 5.32 Å². The molecule has 0 aliphatic carbocycles. The number of hydrogen-bond donors (Lipinski definition) is 2. The molecule has 1 aromatic carbocycles. The first-order chi connectivity index (χ1) is 8.04. The maximum Gasteiger partial charge on any atom is 0.233 e. The molecular formula is C10H10ClN3O2S. The van der Waals surface area contributed by atoms with Crippen LogP contribution in [-0.4, -0.2) is 22.4 Å². The van der Waals surface area contributed by atoms with Crippen LogP contribution in [0, 0.1) is 11.3 Å². The Labute approximate surface area is 106 Å². The van der Waals surface area contributed by atoms with E-state index in [1.165, 1.54) is 12.1 Å². The predicted octanol–water partition coefficient (Wildman–Crippen LogP) is 0.670. The number of nitrogen functional groups attached to an aromatic ring is 1. The molecule has 90 valence electrons. The summed E-state index contributed by atoms with van der Waals surface area (Å²) >= 11 is 5.78. The SMILES string of the molecule is N#CCNC(=O)CS(=O)c1ccc(N)c(Cl)c1. The molecule has 0 heterocycles. The number of nitrogens with two attached hydrogens (primary N) is 1. The van der Waals surface area contributed by atoms with Crippen molar-refractivity contribution in [3.05, 3.63) is 23.2 Å². The molecule has 0 spiro atoms. The number of nitrogens with zero attached hydrogens (tertiary/aromatic N) is 1. The van der Waals surface area contributed by atoms with Crippen LogP contribution in [0.3, 0.4) is 0 Å². The Morgan fingerprint density at radius 2 is 2.29 bits per heavy atom. The van der Waals surface area contributed by atoms with Gasteiger partial charge in [0.25, 0.3) is 0 Å². The molecule has 0 aliphatic rings. The average molecular weight is 272 g/mol. The predicted molar refractivity (Wildman–Crippen MR) is 65.8 cm³/mol. The molecular weight excluding hydrogens is 262 g/mol. The van der Waals surface area contributed by atoms with Gasteiger partial charge >= 0.3 is 0 Å². The molecule has 0 radical (unpaired) electrons. The van der Waals surface area contributed by atoms with Crippen LogP contribution in [0.2, 0.25) is 5.02 Å². The van der Waals surface area contributed by atoms with Crippen LogP contribution >= 0.6 is 11.6 Å². The van der Waals surface area contributed by atoms with Crippen LogP contribution in [0.25, 0.3) is 0 Å². The monoisotopic (exact) mass is 271 g/mol. The Balaban J connectivity index is 2.67. The van der Waals surface area contributed by atoms with Gasteiger partial charge in [-0.2, -0.15) is 5.26 Å². The molecule has 3 N–H and O–H groups in total. The van der Waals surface area contributed by atoms with Gasteiger partial charge in [-0.3, -0.25) is 9.00 Å². The van der Waals surface area contributed by atoms with Gasteiger partial charge in [0.05, 0.1) is 27.6 Å². The second-order valence-electron chi connectivity index (χ2n) is 3.11. The number of nitriles is 1. The van der Waals surface area contributed by atoms with Crippen molar-refractivity contribution in [3.8, 4) is 6.07 Å². The highest BCUT2D eigenvalue weighted by atomic mass is 35.5. The second kappa shape index (κ2) is 6.23. The molecule has 1 atom stereocenters. The summed E-state index contributed by atoms with van der Waals surface area (Å²) in [6.45, 7) is -0.0987. The lowest BCUT2D eigenvalue weighted by Gasteiger charge is -2.04. The topological polar surface area (TPSA) is 96.0 Å². The van der Waals surface area contributed by atoms with Gasteiger partial charge in [0, 0.05) is 4.90 Å². The van der Waals surface area contributed by atoms with E-state index in [4.69, 9.17) is 22.6 Å². The number of rotatable bonds is 4. The molecule has 17 heavy (non-hydrogen) atoms. The number of halogens is 1. The Morgan fingerprint density at radius 1 is 1.59 bits per heavy atom. The third-order valence-electron chi connectivity index (χ3n) is 1.86. The van der Waals surface area contributed by atoms with Crippen molar-refractivity contribution in [2.75, 3.05) is 18.0 Å². The van der Waals surface area contributed by atoms with Crippen molar-refractivity contribution in [2.45, 2.75) is 4.90 Å². The summed E-state index contributed by atoms with van der Waals surface area (Å²) in [6, 6.07) is 6.30. The van der Waals surface area contributed by atoms with Crippen LogP contribution in [0.4, 0.5) is 5.69 Å². The second-order valence-corrected chi connectivity index (χ2v) is 4.97. The molecule has 1 unspecified atom stereocenters. The Morgan fingerprint density at radius 3 is 2.88 bits per heavy atom. The lowest BCUT2D eigenvalue weighted by molar-refractivity contribution is -0.118. The number of amides is 1. The van der Waals surface area contributed by atoms with Gasteiger partial charge in [-0.15, -0.1) is 0 Å². The smallest absolute Gasteiger partial charge is 0.233 e. The minimum atomic E-state index is -1.50. The van der Waals surface area contributed by atoms with Gasteiger partial charge in [-0.1, -0.05) is 11.6 Å². The largest absolute Gasteiger partial charge is 0.398 e. The summed E-state index contributed by atoms with van der Waals surface area (Å²) in [5.74, 6) is -0.653. The van der Waals surface area contributed by atoms with E-state index in [0.717, 1.165) is 0 Å². The van der Waals surface area contributed by atoms with Gasteiger partial charge in [-0.05, 0) is 18.2 Å². The van der Waals surface area contributed by atoms with E-state index in [9.17, 15) is 9.00 Å². The van der Waals surface area contributed by atoms with Crippen molar-refractivity contribution in [2.24, 2.45) is 0 Å². The van der Waals surface area contributed by atoms with Crippen molar-refractivity contribution < 1.29 is 9.00 Å². The van der Waals surface area contributed by atoms with Gasteiger partial charge in [0.15, 0.2) is 0 Å². The van der Waals surface area contributed by atoms with E-state index in [1.54, 1.807) is 12.1 Å². The van der Waals surface area contributed by atoms with E-state index >= 15 is 0 Å². The highest BCUT2D eigenvalue weighted by Crippen LogP contribution is 2.21. The zero-order chi connectivity index (χ0) is 12.8. The molecule has 0 aliphatic heterocycles. The zero-order valence-electron chi connectivity index (χ0n) is 8.77. The van der Waals surface area contributed by atoms with Gasteiger partial charge < -0.3 is 11.1 Å². The first kappa shape index (κ1) is 13.5. The lowest BCUT2D eigenvalue weighted by atomic mass is 10.3. The first-order valence-electron chi connectivity index (χ1n) is 4.61. The average Bonchev–Trinajstić information content (AvgIpc) is 2.30. The molecule has 1 rings (SSSR count). The molecule has 1 aromatic rings. The molecule has 0 aromatic heterocycles. The highest BCUT2D eigenvalue weighted by Gasteiger charge is 2.10. The summed E-state index contributed by atoms with van der Waals surface area (Å²) in [4.78, 5) is 11.7. The van der Waals surface area contributed by atoms with Gasteiger partial charge in [0.2, 0.25) is 5.91 Å². The van der Waals surface area contributed by atoms with Crippen LogP contribution in [0.5, 0.6) is 0 Å². The highest BCUT2D eigenvalue weighted by molar-refractivity contribution is 7.85. The number of carbonyl (C=O) groups is 1. The van der Waals surface area contributed by atoms with E-state index in [2.05, 4.69) is 5.32 Å². The zero-order valence-corrected chi connectivity index (χ0v) is 10.3. The normalized spacial score (nSPS) is 11.5. The molecule has 1 amide bonds.